The predicted octanol–water partition coefficient (Wildman–Crippen LogP) is 2.48. The van der Waals surface area contributed by atoms with E-state index in [0.717, 1.165) is 42.9 Å². The molecule has 0 saturated carbocycles. The monoisotopic (exact) mass is 358 g/mol. The van der Waals surface area contributed by atoms with Crippen molar-refractivity contribution in [3.05, 3.63) is 58.9 Å². The van der Waals surface area contributed by atoms with Crippen LogP contribution in [0.5, 0.6) is 0 Å². The molecule has 2 heterocycles. The minimum Gasteiger partial charge on any atom is -0.357 e. The molecule has 1 N–H and O–H groups in total. The lowest BCUT2D eigenvalue weighted by molar-refractivity contribution is 0.588. The average Bonchev–Trinajstić information content (AvgIpc) is 3.15. The Morgan fingerprint density at radius 2 is 1.88 bits per heavy atom. The normalized spacial score (nSPS) is 15.2. The van der Waals surface area contributed by atoms with E-state index in [9.17, 15) is 8.42 Å². The third-order valence-corrected chi connectivity index (χ3v) is 5.11. The van der Waals surface area contributed by atoms with Gasteiger partial charge in [0.25, 0.3) is 0 Å². The molecule has 1 fully saturated rings. The van der Waals surface area contributed by atoms with E-state index in [1.807, 2.05) is 37.3 Å². The first-order valence-corrected chi connectivity index (χ1v) is 9.88. The second-order valence-electron chi connectivity index (χ2n) is 6.10. The van der Waals surface area contributed by atoms with Crippen LogP contribution in [-0.2, 0) is 16.6 Å². The number of hydrogen-bond acceptors (Lipinski definition) is 5. The number of aromatic nitrogens is 2. The lowest BCUT2D eigenvalue weighted by atomic mass is 10.2. The lowest BCUT2D eigenvalue weighted by Gasteiger charge is -2.16. The number of nitrogens with zero attached hydrogens (tertiary/aromatic N) is 3. The van der Waals surface area contributed by atoms with Crippen molar-refractivity contribution in [2.75, 3.05) is 18.0 Å². The van der Waals surface area contributed by atoms with Crippen LogP contribution in [0.3, 0.4) is 0 Å². The van der Waals surface area contributed by atoms with Crippen molar-refractivity contribution in [2.24, 2.45) is 0 Å². The van der Waals surface area contributed by atoms with Crippen LogP contribution in [0.1, 0.15) is 29.8 Å². The molecule has 0 amide bonds. The molecule has 1 aliphatic rings. The van der Waals surface area contributed by atoms with E-state index >= 15 is 0 Å². The van der Waals surface area contributed by atoms with Crippen molar-refractivity contribution in [1.82, 2.24) is 14.7 Å². The van der Waals surface area contributed by atoms with Crippen LogP contribution < -0.4 is 9.62 Å². The summed E-state index contributed by atoms with van der Waals surface area (Å²) < 4.78 is 26.8. The van der Waals surface area contributed by atoms with Gasteiger partial charge in [-0.25, -0.2) is 23.1 Å². The second kappa shape index (κ2) is 7.76. The maximum Gasteiger partial charge on any atom is 0.234 e. The first kappa shape index (κ1) is 17.6. The minimum absolute atomic E-state index is 0.0717. The van der Waals surface area contributed by atoms with Gasteiger partial charge in [-0.1, -0.05) is 29.8 Å². The highest BCUT2D eigenvalue weighted by molar-refractivity contribution is 7.92. The molecule has 0 unspecified atom stereocenters. The van der Waals surface area contributed by atoms with Gasteiger partial charge in [0.1, 0.15) is 11.6 Å². The second-order valence-corrected chi connectivity index (χ2v) is 7.76. The Balaban J connectivity index is 1.61. The Kier molecular flexibility index (Phi) is 5.45. The Labute approximate surface area is 148 Å². The molecule has 0 atom stereocenters. The van der Waals surface area contributed by atoms with Crippen molar-refractivity contribution in [3.8, 4) is 0 Å². The van der Waals surface area contributed by atoms with Crippen molar-refractivity contribution >= 4 is 21.9 Å². The van der Waals surface area contributed by atoms with Crippen LogP contribution in [0.15, 0.2) is 41.9 Å². The van der Waals surface area contributed by atoms with Crippen LogP contribution in [0.2, 0.25) is 0 Å². The molecule has 7 heteroatoms. The molecule has 3 rings (SSSR count). The van der Waals surface area contributed by atoms with Crippen molar-refractivity contribution in [3.63, 3.8) is 0 Å². The van der Waals surface area contributed by atoms with E-state index in [-0.39, 0.29) is 6.54 Å². The Morgan fingerprint density at radius 1 is 1.16 bits per heavy atom. The molecule has 1 aliphatic heterocycles. The van der Waals surface area contributed by atoms with Gasteiger partial charge in [-0.3, -0.25) is 0 Å². The van der Waals surface area contributed by atoms with Crippen LogP contribution in [-0.4, -0.2) is 31.5 Å². The number of hydrogen-bond donors (Lipinski definition) is 1. The molecule has 1 saturated heterocycles. The standard InChI is InChI=1S/C18H22N4O2S/c1-15-4-6-16(7-5-15)9-13-25(23,24)20-14-17-19-10-8-18(21-17)22-11-2-3-12-22/h4-10,13,20H,2-3,11-12,14H2,1H3/b13-9+. The van der Waals surface area contributed by atoms with Gasteiger partial charge < -0.3 is 4.90 Å². The topological polar surface area (TPSA) is 75.2 Å². The van der Waals surface area contributed by atoms with Gasteiger partial charge in [-0.15, -0.1) is 0 Å². The summed E-state index contributed by atoms with van der Waals surface area (Å²) in [7, 11) is -3.54. The molecule has 0 radical (unpaired) electrons. The number of aryl methyl sites for hydroxylation is 1. The molecule has 6 nitrogen and oxygen atoms in total. The highest BCUT2D eigenvalue weighted by Crippen LogP contribution is 2.16. The highest BCUT2D eigenvalue weighted by atomic mass is 32.2. The zero-order chi connectivity index (χ0) is 17.7. The highest BCUT2D eigenvalue weighted by Gasteiger charge is 2.14. The molecule has 1 aromatic heterocycles. The quantitative estimate of drug-likeness (QED) is 0.859. The molecule has 0 aliphatic carbocycles. The van der Waals surface area contributed by atoms with Crippen LogP contribution in [0.25, 0.3) is 6.08 Å². The van der Waals surface area contributed by atoms with Crippen LogP contribution >= 0.6 is 0 Å². The minimum atomic E-state index is -3.54. The van der Waals surface area contributed by atoms with E-state index in [0.29, 0.717) is 5.82 Å². The molecule has 2 aromatic rings. The number of anilines is 1. The Hall–Kier alpha value is -2.25. The molecule has 1 aromatic carbocycles. The lowest BCUT2D eigenvalue weighted by Crippen LogP contribution is -2.24. The summed E-state index contributed by atoms with van der Waals surface area (Å²) in [6, 6.07) is 9.50. The molecule has 0 spiro atoms. The van der Waals surface area contributed by atoms with E-state index in [1.54, 1.807) is 12.3 Å². The van der Waals surface area contributed by atoms with Gasteiger partial charge in [-0.2, -0.15) is 0 Å². The number of nitrogens with one attached hydrogen (secondary N) is 1. The molecule has 132 valence electrons. The zero-order valence-electron chi connectivity index (χ0n) is 14.2. The fourth-order valence-electron chi connectivity index (χ4n) is 2.65. The third kappa shape index (κ3) is 5.11. The Bertz CT molecular complexity index is 842. The third-order valence-electron chi connectivity index (χ3n) is 4.07. The van der Waals surface area contributed by atoms with Gasteiger partial charge in [0, 0.05) is 24.7 Å². The van der Waals surface area contributed by atoms with Gasteiger partial charge >= 0.3 is 0 Å². The average molecular weight is 358 g/mol. The largest absolute Gasteiger partial charge is 0.357 e. The maximum absolute atomic E-state index is 12.1. The van der Waals surface area contributed by atoms with Gasteiger partial charge in [0.05, 0.1) is 6.54 Å². The van der Waals surface area contributed by atoms with Crippen molar-refractivity contribution < 1.29 is 8.42 Å². The van der Waals surface area contributed by atoms with Gasteiger partial charge in [0.15, 0.2) is 0 Å². The Morgan fingerprint density at radius 3 is 2.60 bits per heavy atom. The summed E-state index contributed by atoms with van der Waals surface area (Å²) in [5.41, 5.74) is 1.97. The van der Waals surface area contributed by atoms with E-state index in [4.69, 9.17) is 0 Å². The molecule has 25 heavy (non-hydrogen) atoms. The summed E-state index contributed by atoms with van der Waals surface area (Å²) in [6.45, 7) is 4.03. The zero-order valence-corrected chi connectivity index (χ0v) is 15.0. The molecule has 0 bridgehead atoms. The predicted molar refractivity (Wildman–Crippen MR) is 99.5 cm³/mol. The molecular formula is C18H22N4O2S. The maximum atomic E-state index is 12.1. The van der Waals surface area contributed by atoms with Crippen molar-refractivity contribution in [2.45, 2.75) is 26.3 Å². The SMILES string of the molecule is Cc1ccc(/C=C/S(=O)(=O)NCc2nccc(N3CCCC3)n2)cc1. The first-order valence-electron chi connectivity index (χ1n) is 8.33. The number of rotatable bonds is 6. The summed E-state index contributed by atoms with van der Waals surface area (Å²) in [6.07, 6.45) is 5.57. The fourth-order valence-corrected chi connectivity index (χ4v) is 3.42. The number of sulfonamides is 1. The van der Waals surface area contributed by atoms with Crippen molar-refractivity contribution in [1.29, 1.82) is 0 Å². The van der Waals surface area contributed by atoms with E-state index in [2.05, 4.69) is 19.6 Å². The van der Waals surface area contributed by atoms with Gasteiger partial charge in [0.2, 0.25) is 10.0 Å². The first-order chi connectivity index (χ1) is 12.0. The smallest absolute Gasteiger partial charge is 0.234 e. The summed E-state index contributed by atoms with van der Waals surface area (Å²) in [4.78, 5) is 10.8. The summed E-state index contributed by atoms with van der Waals surface area (Å²) >= 11 is 0. The molecular weight excluding hydrogens is 336 g/mol. The fraction of sp³-hybridized carbons (Fsp3) is 0.333. The number of benzene rings is 1. The van der Waals surface area contributed by atoms with Crippen LogP contribution in [0.4, 0.5) is 5.82 Å². The van der Waals surface area contributed by atoms with E-state index in [1.165, 1.54) is 5.41 Å². The summed E-state index contributed by atoms with van der Waals surface area (Å²) in [5.74, 6) is 1.33. The van der Waals surface area contributed by atoms with Gasteiger partial charge in [-0.05, 0) is 37.5 Å². The van der Waals surface area contributed by atoms with Crippen LogP contribution in [0, 0.1) is 6.92 Å². The summed E-state index contributed by atoms with van der Waals surface area (Å²) in [5, 5.41) is 1.17. The van der Waals surface area contributed by atoms with E-state index < -0.39 is 10.0 Å².